The standard InChI is InChI=1S/C19H32F2NO6P/c1-2-3-4-5-6-11-27-17-8-7-15(12-16(17)18(20)21)9-10-19(22,13-23)14-28-29(24,25)26/h7-8,12,18,23H,2-6,9-11,13-14,22H2,1H3,(H2,24,25,26). The molecule has 1 atom stereocenters. The molecule has 0 radical (unpaired) electrons. The SMILES string of the molecule is CCCCCCCOc1ccc(CCC(N)(CO)COP(=O)(O)O)cc1C(F)F. The number of phosphoric ester groups is 1. The second kappa shape index (κ2) is 12.6. The molecular weight excluding hydrogens is 407 g/mol. The Hall–Kier alpha value is -1.09. The fourth-order valence-corrected chi connectivity index (χ4v) is 3.17. The summed E-state index contributed by atoms with van der Waals surface area (Å²) in [6.07, 6.45) is 2.77. The molecule has 0 aliphatic rings. The molecule has 1 rings (SSSR count). The zero-order valence-corrected chi connectivity index (χ0v) is 17.6. The topological polar surface area (TPSA) is 122 Å². The van der Waals surface area contributed by atoms with Crippen molar-refractivity contribution in [2.75, 3.05) is 19.8 Å². The molecule has 1 aromatic rings. The summed E-state index contributed by atoms with van der Waals surface area (Å²) in [4.78, 5) is 17.6. The summed E-state index contributed by atoms with van der Waals surface area (Å²) >= 11 is 0. The van der Waals surface area contributed by atoms with E-state index in [1.165, 1.54) is 12.1 Å². The molecule has 1 aromatic carbocycles. The molecule has 7 nitrogen and oxygen atoms in total. The Bertz CT molecular complexity index is 658. The van der Waals surface area contributed by atoms with E-state index < -0.39 is 33.0 Å². The third-order valence-corrected chi connectivity index (χ3v) is 5.03. The van der Waals surface area contributed by atoms with E-state index in [0.717, 1.165) is 32.1 Å². The van der Waals surface area contributed by atoms with Crippen LogP contribution in [0.5, 0.6) is 5.75 Å². The van der Waals surface area contributed by atoms with Crippen LogP contribution in [0.4, 0.5) is 8.78 Å². The molecule has 1 unspecified atom stereocenters. The van der Waals surface area contributed by atoms with Gasteiger partial charge in [-0.1, -0.05) is 38.7 Å². The van der Waals surface area contributed by atoms with Crippen LogP contribution in [-0.4, -0.2) is 40.3 Å². The number of halogens is 2. The van der Waals surface area contributed by atoms with Crippen LogP contribution in [0, 0.1) is 0 Å². The van der Waals surface area contributed by atoms with E-state index in [-0.39, 0.29) is 24.2 Å². The van der Waals surface area contributed by atoms with Gasteiger partial charge in [-0.25, -0.2) is 13.3 Å². The van der Waals surface area contributed by atoms with Gasteiger partial charge in [-0.3, -0.25) is 4.52 Å². The highest BCUT2D eigenvalue weighted by molar-refractivity contribution is 7.46. The summed E-state index contributed by atoms with van der Waals surface area (Å²) in [5, 5.41) is 9.42. The summed E-state index contributed by atoms with van der Waals surface area (Å²) in [5.41, 5.74) is 4.84. The highest BCUT2D eigenvalue weighted by atomic mass is 31.2. The molecule has 0 heterocycles. The van der Waals surface area contributed by atoms with Gasteiger partial charge in [0.25, 0.3) is 6.43 Å². The number of aliphatic hydroxyl groups is 1. The fraction of sp³-hybridized carbons (Fsp3) is 0.684. The lowest BCUT2D eigenvalue weighted by molar-refractivity contribution is 0.102. The largest absolute Gasteiger partial charge is 0.493 e. The molecule has 0 saturated carbocycles. The number of hydrogen-bond acceptors (Lipinski definition) is 5. The second-order valence-corrected chi connectivity index (χ2v) is 8.46. The van der Waals surface area contributed by atoms with Gasteiger partial charge in [-0.15, -0.1) is 0 Å². The van der Waals surface area contributed by atoms with Crippen molar-refractivity contribution >= 4 is 7.82 Å². The minimum Gasteiger partial charge on any atom is -0.493 e. The summed E-state index contributed by atoms with van der Waals surface area (Å²) in [7, 11) is -4.73. The average molecular weight is 439 g/mol. The Labute approximate surface area is 170 Å². The molecule has 0 aliphatic heterocycles. The summed E-state index contributed by atoms with van der Waals surface area (Å²) in [5.74, 6) is 0.144. The lowest BCUT2D eigenvalue weighted by Gasteiger charge is -2.27. The number of hydrogen-bond donors (Lipinski definition) is 4. The molecule has 0 aliphatic carbocycles. The van der Waals surface area contributed by atoms with Gasteiger partial charge < -0.3 is 25.4 Å². The van der Waals surface area contributed by atoms with E-state index in [9.17, 15) is 18.5 Å². The quantitative estimate of drug-likeness (QED) is 0.243. The zero-order valence-electron chi connectivity index (χ0n) is 16.7. The predicted octanol–water partition coefficient (Wildman–Crippen LogP) is 3.71. The molecule has 168 valence electrons. The van der Waals surface area contributed by atoms with Crippen molar-refractivity contribution in [1.82, 2.24) is 0 Å². The number of unbranched alkanes of at least 4 members (excludes halogenated alkanes) is 4. The molecule has 0 saturated heterocycles. The molecule has 5 N–H and O–H groups in total. The lowest BCUT2D eigenvalue weighted by Crippen LogP contribution is -2.48. The van der Waals surface area contributed by atoms with Crippen molar-refractivity contribution in [3.63, 3.8) is 0 Å². The van der Waals surface area contributed by atoms with Crippen LogP contribution >= 0.6 is 7.82 Å². The van der Waals surface area contributed by atoms with E-state index in [4.69, 9.17) is 20.3 Å². The number of aryl methyl sites for hydroxylation is 1. The fourth-order valence-electron chi connectivity index (χ4n) is 2.75. The first kappa shape index (κ1) is 25.9. The Balaban J connectivity index is 2.68. The van der Waals surface area contributed by atoms with Crippen LogP contribution in [0.25, 0.3) is 0 Å². The Morgan fingerprint density at radius 3 is 2.48 bits per heavy atom. The van der Waals surface area contributed by atoms with Crippen molar-refractivity contribution < 1.29 is 37.5 Å². The summed E-state index contributed by atoms with van der Waals surface area (Å²) < 4.78 is 47.6. The molecule has 29 heavy (non-hydrogen) atoms. The Kier molecular flexibility index (Phi) is 11.2. The van der Waals surface area contributed by atoms with Gasteiger partial charge in [0.05, 0.1) is 30.9 Å². The predicted molar refractivity (Wildman–Crippen MR) is 106 cm³/mol. The van der Waals surface area contributed by atoms with Crippen molar-refractivity contribution in [3.05, 3.63) is 29.3 Å². The first-order valence-corrected chi connectivity index (χ1v) is 11.3. The van der Waals surface area contributed by atoms with E-state index in [2.05, 4.69) is 11.4 Å². The van der Waals surface area contributed by atoms with Crippen LogP contribution < -0.4 is 10.5 Å². The monoisotopic (exact) mass is 439 g/mol. The molecule has 0 amide bonds. The number of rotatable bonds is 15. The molecule has 0 fully saturated rings. The second-order valence-electron chi connectivity index (χ2n) is 7.22. The number of aliphatic hydroxyl groups excluding tert-OH is 1. The average Bonchev–Trinajstić information content (AvgIpc) is 2.67. The molecule has 10 heteroatoms. The minimum atomic E-state index is -4.73. The van der Waals surface area contributed by atoms with Gasteiger partial charge in [0, 0.05) is 0 Å². The Morgan fingerprint density at radius 1 is 1.21 bits per heavy atom. The van der Waals surface area contributed by atoms with Gasteiger partial charge in [0.15, 0.2) is 0 Å². The molecular formula is C19H32F2NO6P. The van der Waals surface area contributed by atoms with Crippen LogP contribution in [0.3, 0.4) is 0 Å². The van der Waals surface area contributed by atoms with Gasteiger partial charge >= 0.3 is 7.82 Å². The lowest BCUT2D eigenvalue weighted by atomic mass is 9.93. The highest BCUT2D eigenvalue weighted by Gasteiger charge is 2.28. The number of alkyl halides is 2. The maximum atomic E-state index is 13.4. The third-order valence-electron chi connectivity index (χ3n) is 4.56. The number of ether oxygens (including phenoxy) is 1. The Morgan fingerprint density at radius 2 is 1.90 bits per heavy atom. The van der Waals surface area contributed by atoms with Crippen LogP contribution in [0.2, 0.25) is 0 Å². The van der Waals surface area contributed by atoms with Crippen LogP contribution in [0.1, 0.15) is 63.0 Å². The molecule has 0 spiro atoms. The number of phosphoric acid groups is 1. The first-order chi connectivity index (χ1) is 13.6. The summed E-state index contributed by atoms with van der Waals surface area (Å²) in [6.45, 7) is 1.36. The van der Waals surface area contributed by atoms with E-state index in [0.29, 0.717) is 12.2 Å². The van der Waals surface area contributed by atoms with Gasteiger partial charge in [-0.05, 0) is 37.0 Å². The van der Waals surface area contributed by atoms with Crippen LogP contribution in [0.15, 0.2) is 18.2 Å². The smallest absolute Gasteiger partial charge is 0.469 e. The number of nitrogens with two attached hydrogens (primary N) is 1. The van der Waals surface area contributed by atoms with Crippen LogP contribution in [-0.2, 0) is 15.5 Å². The van der Waals surface area contributed by atoms with E-state index in [1.54, 1.807) is 6.07 Å². The van der Waals surface area contributed by atoms with Gasteiger partial charge in [0.1, 0.15) is 5.75 Å². The maximum Gasteiger partial charge on any atom is 0.469 e. The van der Waals surface area contributed by atoms with Gasteiger partial charge in [-0.2, -0.15) is 0 Å². The first-order valence-electron chi connectivity index (χ1n) is 9.74. The van der Waals surface area contributed by atoms with Crippen molar-refractivity contribution in [2.24, 2.45) is 5.73 Å². The number of benzene rings is 1. The third kappa shape index (κ3) is 10.5. The highest BCUT2D eigenvalue weighted by Crippen LogP contribution is 2.37. The van der Waals surface area contributed by atoms with Crippen molar-refractivity contribution in [3.8, 4) is 5.75 Å². The molecule has 0 aromatic heterocycles. The normalized spacial score (nSPS) is 14.2. The van der Waals surface area contributed by atoms with E-state index in [1.807, 2.05) is 0 Å². The minimum absolute atomic E-state index is 0.0871. The van der Waals surface area contributed by atoms with Gasteiger partial charge in [0.2, 0.25) is 0 Å². The van der Waals surface area contributed by atoms with E-state index >= 15 is 0 Å². The van der Waals surface area contributed by atoms with Crippen molar-refractivity contribution in [1.29, 1.82) is 0 Å². The summed E-state index contributed by atoms with van der Waals surface area (Å²) in [6, 6.07) is 4.46. The molecule has 0 bridgehead atoms. The maximum absolute atomic E-state index is 13.4. The van der Waals surface area contributed by atoms with Crippen molar-refractivity contribution in [2.45, 2.75) is 63.8 Å². The zero-order chi connectivity index (χ0) is 21.9.